The molecule has 0 saturated heterocycles. The number of pyridine rings is 1. The van der Waals surface area contributed by atoms with Gasteiger partial charge in [0.05, 0.1) is 22.1 Å². The number of Topliss-reactive ketones (excluding diaryl/α,β-unsaturated/α-hetero) is 1. The zero-order valence-electron chi connectivity index (χ0n) is 24.9. The number of carbonyl (C=O) groups is 1. The Morgan fingerprint density at radius 1 is 0.975 bits per heavy atom. The highest BCUT2D eigenvalue weighted by molar-refractivity contribution is 6.10. The van der Waals surface area contributed by atoms with Crippen molar-refractivity contribution in [2.75, 3.05) is 24.6 Å². The van der Waals surface area contributed by atoms with Crippen molar-refractivity contribution >= 4 is 50.1 Å². The number of hydrazine groups is 1. The second kappa shape index (κ2) is 10.7. The van der Waals surface area contributed by atoms with Crippen molar-refractivity contribution in [3.8, 4) is 5.75 Å². The maximum absolute atomic E-state index is 14.6. The molecule has 0 aliphatic carbocycles. The molecule has 5 rings (SSSR count). The van der Waals surface area contributed by atoms with E-state index in [0.29, 0.717) is 28.5 Å². The molecule has 0 radical (unpaired) electrons. The maximum Gasteiger partial charge on any atom is 0.199 e. The lowest BCUT2D eigenvalue weighted by molar-refractivity contribution is -0.117. The van der Waals surface area contributed by atoms with E-state index in [4.69, 9.17) is 4.74 Å². The standard InChI is InChI=1S/C34H41N3O3/c1-8-14-29(38)26-20-25-30(40-34(26,5)6)21-28(37(17-9-2)36(10-3)11-4)31-32(25)35(7)27-19-23-16-13-12-15-22(23)18-24(27)33(31)39/h12-13,15-16,18-21H,8-11,14,17H2,1-7H3. The van der Waals surface area contributed by atoms with Crippen LogP contribution in [0.4, 0.5) is 5.69 Å². The molecule has 4 aromatic rings. The number of ketones is 1. The normalized spacial score (nSPS) is 14.4. The minimum atomic E-state index is -0.777. The first-order valence-corrected chi connectivity index (χ1v) is 14.7. The Hall–Kier alpha value is -3.64. The fourth-order valence-corrected chi connectivity index (χ4v) is 6.21. The van der Waals surface area contributed by atoms with E-state index in [1.807, 2.05) is 58.2 Å². The Morgan fingerprint density at radius 3 is 2.27 bits per heavy atom. The van der Waals surface area contributed by atoms with Crippen LogP contribution in [0, 0.1) is 0 Å². The molecule has 0 N–H and O–H groups in total. The van der Waals surface area contributed by atoms with Gasteiger partial charge in [-0.05, 0) is 55.7 Å². The molecule has 0 amide bonds. The number of rotatable bonds is 9. The van der Waals surface area contributed by atoms with E-state index in [-0.39, 0.29) is 11.2 Å². The summed E-state index contributed by atoms with van der Waals surface area (Å²) in [5, 5.41) is 7.98. The highest BCUT2D eigenvalue weighted by Gasteiger charge is 2.36. The zero-order valence-corrected chi connectivity index (χ0v) is 24.9. The molecule has 40 heavy (non-hydrogen) atoms. The van der Waals surface area contributed by atoms with E-state index in [9.17, 15) is 9.59 Å². The summed E-state index contributed by atoms with van der Waals surface area (Å²) in [6, 6.07) is 14.3. The van der Waals surface area contributed by atoms with Crippen LogP contribution in [-0.2, 0) is 11.8 Å². The summed E-state index contributed by atoms with van der Waals surface area (Å²) in [4.78, 5) is 27.8. The van der Waals surface area contributed by atoms with Crippen molar-refractivity contribution < 1.29 is 9.53 Å². The lowest BCUT2D eigenvalue weighted by Crippen LogP contribution is -2.44. The SMILES string of the molecule is CCCC(=O)C1=Cc2c(cc(N(CCC)N(CC)CC)c3c(=O)c4cc5ccccc5cc4n(C)c23)OC1(C)C. The van der Waals surface area contributed by atoms with Gasteiger partial charge in [-0.1, -0.05) is 52.0 Å². The molecule has 0 atom stereocenters. The third-order valence-electron chi connectivity index (χ3n) is 8.18. The number of aromatic nitrogens is 1. The van der Waals surface area contributed by atoms with Crippen LogP contribution in [-0.4, -0.2) is 40.6 Å². The van der Waals surface area contributed by atoms with Gasteiger partial charge in [0.1, 0.15) is 11.4 Å². The lowest BCUT2D eigenvalue weighted by atomic mass is 9.86. The number of fused-ring (bicyclic) bond motifs is 5. The second-order valence-electron chi connectivity index (χ2n) is 11.2. The Kier molecular flexibility index (Phi) is 7.49. The van der Waals surface area contributed by atoms with E-state index >= 15 is 0 Å². The highest BCUT2D eigenvalue weighted by Crippen LogP contribution is 2.44. The van der Waals surface area contributed by atoms with E-state index in [0.717, 1.165) is 65.5 Å². The van der Waals surface area contributed by atoms with Crippen LogP contribution in [0.5, 0.6) is 5.75 Å². The van der Waals surface area contributed by atoms with Crippen LogP contribution in [0.15, 0.2) is 52.8 Å². The molecule has 2 heterocycles. The fourth-order valence-electron chi connectivity index (χ4n) is 6.21. The predicted octanol–water partition coefficient (Wildman–Crippen LogP) is 7.24. The molecular weight excluding hydrogens is 498 g/mol. The molecule has 0 fully saturated rings. The van der Waals surface area contributed by atoms with Gasteiger partial charge in [-0.2, -0.15) is 0 Å². The fraction of sp³-hybridized carbons (Fsp3) is 0.412. The summed E-state index contributed by atoms with van der Waals surface area (Å²) >= 11 is 0. The molecule has 1 aliphatic rings. The molecular formula is C34H41N3O3. The minimum Gasteiger partial charge on any atom is -0.482 e. The molecule has 1 aromatic heterocycles. The van der Waals surface area contributed by atoms with E-state index in [2.05, 4.69) is 53.6 Å². The summed E-state index contributed by atoms with van der Waals surface area (Å²) in [6.45, 7) is 14.8. The van der Waals surface area contributed by atoms with Gasteiger partial charge in [0.25, 0.3) is 0 Å². The summed E-state index contributed by atoms with van der Waals surface area (Å²) in [6.07, 6.45) is 4.14. The Morgan fingerprint density at radius 2 is 1.65 bits per heavy atom. The number of ether oxygens (including phenoxy) is 1. The van der Waals surface area contributed by atoms with Gasteiger partial charge in [-0.25, -0.2) is 5.01 Å². The molecule has 0 bridgehead atoms. The van der Waals surface area contributed by atoms with Crippen LogP contribution < -0.4 is 15.2 Å². The van der Waals surface area contributed by atoms with Crippen LogP contribution in [0.3, 0.4) is 0 Å². The van der Waals surface area contributed by atoms with E-state index in [1.165, 1.54) is 0 Å². The van der Waals surface area contributed by atoms with Crippen LogP contribution in [0.2, 0.25) is 0 Å². The monoisotopic (exact) mass is 539 g/mol. The number of carbonyl (C=O) groups excluding carboxylic acids is 1. The van der Waals surface area contributed by atoms with Crippen molar-refractivity contribution in [2.24, 2.45) is 7.05 Å². The summed E-state index contributed by atoms with van der Waals surface area (Å²) in [5.74, 6) is 0.784. The van der Waals surface area contributed by atoms with Crippen molar-refractivity contribution in [1.29, 1.82) is 0 Å². The van der Waals surface area contributed by atoms with E-state index in [1.54, 1.807) is 0 Å². The van der Waals surface area contributed by atoms with Crippen LogP contribution in [0.1, 0.15) is 66.4 Å². The molecule has 210 valence electrons. The number of benzene rings is 3. The number of nitrogens with zero attached hydrogens (tertiary/aromatic N) is 3. The third-order valence-corrected chi connectivity index (χ3v) is 8.18. The quantitative estimate of drug-likeness (QED) is 0.166. The minimum absolute atomic E-state index is 0.000388. The first-order valence-electron chi connectivity index (χ1n) is 14.7. The van der Waals surface area contributed by atoms with Gasteiger partial charge in [0.15, 0.2) is 11.2 Å². The number of anilines is 1. The summed E-state index contributed by atoms with van der Waals surface area (Å²) in [5.41, 5.74) is 3.17. The number of hydrogen-bond acceptors (Lipinski definition) is 5. The molecule has 0 unspecified atom stereocenters. The molecule has 6 nitrogen and oxygen atoms in total. The van der Waals surface area contributed by atoms with Gasteiger partial charge < -0.3 is 14.3 Å². The lowest BCUT2D eigenvalue weighted by Gasteiger charge is -2.38. The first-order chi connectivity index (χ1) is 19.2. The molecule has 1 aliphatic heterocycles. The van der Waals surface area contributed by atoms with Crippen molar-refractivity contribution in [2.45, 2.75) is 66.4 Å². The van der Waals surface area contributed by atoms with Gasteiger partial charge in [-0.3, -0.25) is 9.59 Å². The number of aryl methyl sites for hydroxylation is 1. The van der Waals surface area contributed by atoms with Crippen LogP contribution >= 0.6 is 0 Å². The molecule has 0 saturated carbocycles. The zero-order chi connectivity index (χ0) is 28.8. The summed E-state index contributed by atoms with van der Waals surface area (Å²) in [7, 11) is 2.02. The first kappa shape index (κ1) is 27.9. The highest BCUT2D eigenvalue weighted by atomic mass is 16.5. The van der Waals surface area contributed by atoms with E-state index < -0.39 is 5.60 Å². The van der Waals surface area contributed by atoms with Crippen LogP contribution in [0.25, 0.3) is 38.7 Å². The van der Waals surface area contributed by atoms with Crippen molar-refractivity contribution in [3.05, 3.63) is 63.8 Å². The second-order valence-corrected chi connectivity index (χ2v) is 11.2. The average Bonchev–Trinajstić information content (AvgIpc) is 2.93. The van der Waals surface area contributed by atoms with Crippen molar-refractivity contribution in [1.82, 2.24) is 9.58 Å². The van der Waals surface area contributed by atoms with Gasteiger partial charge >= 0.3 is 0 Å². The third kappa shape index (κ3) is 4.48. The molecule has 6 heteroatoms. The Bertz CT molecular complexity index is 1710. The van der Waals surface area contributed by atoms with Gasteiger partial charge in [0, 0.05) is 55.7 Å². The largest absolute Gasteiger partial charge is 0.482 e. The molecule has 3 aromatic carbocycles. The predicted molar refractivity (Wildman–Crippen MR) is 167 cm³/mol. The summed E-state index contributed by atoms with van der Waals surface area (Å²) < 4.78 is 8.77. The smallest absolute Gasteiger partial charge is 0.199 e. The number of hydrogen-bond donors (Lipinski definition) is 0. The topological polar surface area (TPSA) is 54.8 Å². The maximum atomic E-state index is 14.6. The van der Waals surface area contributed by atoms with Gasteiger partial charge in [0.2, 0.25) is 0 Å². The van der Waals surface area contributed by atoms with Crippen molar-refractivity contribution in [3.63, 3.8) is 0 Å². The molecule has 0 spiro atoms. The average molecular weight is 540 g/mol. The Balaban J connectivity index is 1.97. The Labute approximate surface area is 236 Å². The van der Waals surface area contributed by atoms with Gasteiger partial charge in [-0.15, -0.1) is 0 Å².